The molecule has 2 rings (SSSR count). The number of morpholine rings is 1. The van der Waals surface area contributed by atoms with E-state index in [1.54, 1.807) is 18.3 Å². The predicted octanol–water partition coefficient (Wildman–Crippen LogP) is 1.12. The Morgan fingerprint density at radius 3 is 2.74 bits per heavy atom. The number of carbonyl (C=O) groups excluding carboxylic acids is 1. The molecule has 0 saturated carbocycles. The van der Waals surface area contributed by atoms with Crippen molar-refractivity contribution in [1.29, 1.82) is 0 Å². The number of hydrogen-bond donors (Lipinski definition) is 1. The number of nitrogens with one attached hydrogen (secondary N) is 1. The first kappa shape index (κ1) is 14.0. The van der Waals surface area contributed by atoms with Crippen molar-refractivity contribution in [2.75, 3.05) is 32.8 Å². The van der Waals surface area contributed by atoms with Crippen LogP contribution in [0.25, 0.3) is 0 Å². The van der Waals surface area contributed by atoms with Crippen LogP contribution in [0, 0.1) is 0 Å². The van der Waals surface area contributed by atoms with Crippen molar-refractivity contribution in [3.8, 4) is 0 Å². The first-order valence-corrected chi connectivity index (χ1v) is 6.49. The molecule has 1 N–H and O–H groups in total. The van der Waals surface area contributed by atoms with Gasteiger partial charge in [0.05, 0.1) is 26.0 Å². The van der Waals surface area contributed by atoms with Gasteiger partial charge < -0.3 is 4.74 Å². The quantitative estimate of drug-likeness (QED) is 0.665. The van der Waals surface area contributed by atoms with Gasteiger partial charge in [0.15, 0.2) is 0 Å². The zero-order valence-corrected chi connectivity index (χ0v) is 11.3. The van der Waals surface area contributed by atoms with Crippen molar-refractivity contribution in [3.63, 3.8) is 0 Å². The van der Waals surface area contributed by atoms with Crippen molar-refractivity contribution >= 4 is 23.7 Å². The molecule has 1 fully saturated rings. The molecule has 0 bridgehead atoms. The lowest BCUT2D eigenvalue weighted by Gasteiger charge is -2.25. The smallest absolute Gasteiger partial charge is 0.254 e. The molecular formula is C13H16ClN3O2. The fourth-order valence-corrected chi connectivity index (χ4v) is 1.85. The third-order valence-electron chi connectivity index (χ3n) is 2.74. The lowest BCUT2D eigenvalue weighted by atomic mass is 10.2. The zero-order chi connectivity index (χ0) is 13.5. The molecule has 0 atom stereocenters. The maximum Gasteiger partial charge on any atom is 0.254 e. The zero-order valence-electron chi connectivity index (χ0n) is 10.5. The standard InChI is InChI=1S/C13H16ClN3O2/c14-12-3-1-11(2-4-12)9-15-16-13(18)10-17-5-7-19-8-6-17/h1-4,9H,5-8,10H2,(H,16,18)/b15-9-. The highest BCUT2D eigenvalue weighted by molar-refractivity contribution is 6.30. The molecule has 1 heterocycles. The Morgan fingerprint density at radius 2 is 2.05 bits per heavy atom. The highest BCUT2D eigenvalue weighted by Gasteiger charge is 2.13. The molecule has 1 aliphatic heterocycles. The number of nitrogens with zero attached hydrogens (tertiary/aromatic N) is 2. The van der Waals surface area contributed by atoms with E-state index in [2.05, 4.69) is 10.5 Å². The number of carbonyl (C=O) groups is 1. The molecule has 5 nitrogen and oxygen atoms in total. The molecule has 1 aromatic rings. The Bertz CT molecular complexity index is 442. The summed E-state index contributed by atoms with van der Waals surface area (Å²) in [6, 6.07) is 7.22. The summed E-state index contributed by atoms with van der Waals surface area (Å²) in [5, 5.41) is 4.59. The third-order valence-corrected chi connectivity index (χ3v) is 3.00. The van der Waals surface area contributed by atoms with Crippen LogP contribution in [0.4, 0.5) is 0 Å². The molecular weight excluding hydrogens is 266 g/mol. The number of rotatable bonds is 4. The average molecular weight is 282 g/mol. The molecule has 0 spiro atoms. The molecule has 0 aromatic heterocycles. The molecule has 1 aromatic carbocycles. The van der Waals surface area contributed by atoms with E-state index in [1.165, 1.54) is 0 Å². The maximum atomic E-state index is 11.6. The second kappa shape index (κ2) is 7.23. The van der Waals surface area contributed by atoms with Crippen LogP contribution in [0.15, 0.2) is 29.4 Å². The Kier molecular flexibility index (Phi) is 5.32. The van der Waals surface area contributed by atoms with Gasteiger partial charge in [0, 0.05) is 18.1 Å². The Balaban J connectivity index is 1.74. The van der Waals surface area contributed by atoms with Crippen molar-refractivity contribution < 1.29 is 9.53 Å². The van der Waals surface area contributed by atoms with E-state index in [0.29, 0.717) is 24.8 Å². The first-order chi connectivity index (χ1) is 9.24. The summed E-state index contributed by atoms with van der Waals surface area (Å²) in [5.41, 5.74) is 3.39. The van der Waals surface area contributed by atoms with E-state index in [0.717, 1.165) is 18.7 Å². The van der Waals surface area contributed by atoms with Crippen LogP contribution < -0.4 is 5.43 Å². The number of halogens is 1. The van der Waals surface area contributed by atoms with Crippen LogP contribution in [0.5, 0.6) is 0 Å². The summed E-state index contributed by atoms with van der Waals surface area (Å²) in [6.07, 6.45) is 1.59. The minimum absolute atomic E-state index is 0.118. The molecule has 0 radical (unpaired) electrons. The Morgan fingerprint density at radius 1 is 1.37 bits per heavy atom. The second-order valence-electron chi connectivity index (χ2n) is 4.23. The van der Waals surface area contributed by atoms with Gasteiger partial charge in [-0.15, -0.1) is 0 Å². The normalized spacial score (nSPS) is 16.7. The van der Waals surface area contributed by atoms with Crippen LogP contribution in [-0.2, 0) is 9.53 Å². The van der Waals surface area contributed by atoms with Gasteiger partial charge in [0.25, 0.3) is 5.91 Å². The molecule has 0 aliphatic carbocycles. The van der Waals surface area contributed by atoms with Gasteiger partial charge in [-0.3, -0.25) is 9.69 Å². The van der Waals surface area contributed by atoms with Gasteiger partial charge in [-0.25, -0.2) is 5.43 Å². The summed E-state index contributed by atoms with van der Waals surface area (Å²) in [4.78, 5) is 13.7. The van der Waals surface area contributed by atoms with E-state index in [9.17, 15) is 4.79 Å². The highest BCUT2D eigenvalue weighted by atomic mass is 35.5. The maximum absolute atomic E-state index is 11.6. The van der Waals surface area contributed by atoms with Crippen LogP contribution in [0.3, 0.4) is 0 Å². The SMILES string of the molecule is O=C(CN1CCOCC1)N/N=C\c1ccc(Cl)cc1. The lowest BCUT2D eigenvalue weighted by molar-refractivity contribution is -0.123. The van der Waals surface area contributed by atoms with Crippen molar-refractivity contribution in [3.05, 3.63) is 34.9 Å². The molecule has 19 heavy (non-hydrogen) atoms. The van der Waals surface area contributed by atoms with Crippen molar-refractivity contribution in [1.82, 2.24) is 10.3 Å². The van der Waals surface area contributed by atoms with E-state index >= 15 is 0 Å². The first-order valence-electron chi connectivity index (χ1n) is 6.11. The van der Waals surface area contributed by atoms with Crippen molar-refractivity contribution in [2.24, 2.45) is 5.10 Å². The summed E-state index contributed by atoms with van der Waals surface area (Å²) in [5.74, 6) is -0.118. The second-order valence-corrected chi connectivity index (χ2v) is 4.67. The number of benzene rings is 1. The van der Waals surface area contributed by atoms with Gasteiger partial charge in [0.2, 0.25) is 0 Å². The third kappa shape index (κ3) is 4.98. The summed E-state index contributed by atoms with van der Waals surface area (Å²) in [7, 11) is 0. The minimum Gasteiger partial charge on any atom is -0.379 e. The van der Waals surface area contributed by atoms with Crippen LogP contribution in [0.2, 0.25) is 5.02 Å². The van der Waals surface area contributed by atoms with E-state index < -0.39 is 0 Å². The Hall–Kier alpha value is -1.43. The van der Waals surface area contributed by atoms with Gasteiger partial charge in [-0.1, -0.05) is 23.7 Å². The van der Waals surface area contributed by atoms with Crippen LogP contribution in [0.1, 0.15) is 5.56 Å². The molecule has 102 valence electrons. The molecule has 6 heteroatoms. The largest absolute Gasteiger partial charge is 0.379 e. The number of hydrazone groups is 1. The van der Waals surface area contributed by atoms with Gasteiger partial charge in [-0.2, -0.15) is 5.10 Å². The van der Waals surface area contributed by atoms with Crippen LogP contribution in [-0.4, -0.2) is 49.9 Å². The summed E-state index contributed by atoms with van der Waals surface area (Å²) >= 11 is 5.77. The molecule has 0 unspecified atom stereocenters. The van der Waals surface area contributed by atoms with E-state index in [4.69, 9.17) is 16.3 Å². The molecule has 1 saturated heterocycles. The molecule has 1 amide bonds. The minimum atomic E-state index is -0.118. The topological polar surface area (TPSA) is 53.9 Å². The van der Waals surface area contributed by atoms with Gasteiger partial charge in [0.1, 0.15) is 0 Å². The average Bonchev–Trinajstić information content (AvgIpc) is 2.42. The summed E-state index contributed by atoms with van der Waals surface area (Å²) < 4.78 is 5.22. The van der Waals surface area contributed by atoms with E-state index in [1.807, 2.05) is 17.0 Å². The Labute approximate surface area is 117 Å². The number of hydrogen-bond acceptors (Lipinski definition) is 4. The number of ether oxygens (including phenoxy) is 1. The van der Waals surface area contributed by atoms with Gasteiger partial charge in [-0.05, 0) is 17.7 Å². The summed E-state index contributed by atoms with van der Waals surface area (Å²) in [6.45, 7) is 3.28. The van der Waals surface area contributed by atoms with Gasteiger partial charge >= 0.3 is 0 Å². The van der Waals surface area contributed by atoms with E-state index in [-0.39, 0.29) is 5.91 Å². The predicted molar refractivity (Wildman–Crippen MR) is 74.4 cm³/mol. The fraction of sp³-hybridized carbons (Fsp3) is 0.385. The fourth-order valence-electron chi connectivity index (χ4n) is 1.73. The highest BCUT2D eigenvalue weighted by Crippen LogP contribution is 2.07. The number of amides is 1. The van der Waals surface area contributed by atoms with Crippen LogP contribution >= 0.6 is 11.6 Å². The van der Waals surface area contributed by atoms with Crippen molar-refractivity contribution in [2.45, 2.75) is 0 Å². The lowest BCUT2D eigenvalue weighted by Crippen LogP contribution is -2.42. The molecule has 1 aliphatic rings. The monoisotopic (exact) mass is 281 g/mol.